The van der Waals surface area contributed by atoms with Crippen LogP contribution in [0.15, 0.2) is 83.7 Å². The summed E-state index contributed by atoms with van der Waals surface area (Å²) in [5.41, 5.74) is 1.87. The SMILES string of the molecule is N=C(OC(=N)c1cccc2ccccc12)c1cncc(-c2ccco2)c1. The minimum atomic E-state index is -0.135. The van der Waals surface area contributed by atoms with Gasteiger partial charge in [0.25, 0.3) is 0 Å². The summed E-state index contributed by atoms with van der Waals surface area (Å²) in [4.78, 5) is 4.14. The first-order valence-electron chi connectivity index (χ1n) is 8.05. The molecule has 26 heavy (non-hydrogen) atoms. The van der Waals surface area contributed by atoms with Crippen LogP contribution in [-0.4, -0.2) is 16.8 Å². The maximum Gasteiger partial charge on any atom is 0.222 e. The summed E-state index contributed by atoms with van der Waals surface area (Å²) in [7, 11) is 0. The molecule has 4 rings (SSSR count). The molecule has 2 aromatic carbocycles. The molecule has 0 radical (unpaired) electrons. The number of rotatable bonds is 3. The van der Waals surface area contributed by atoms with Crippen LogP contribution in [0.1, 0.15) is 11.1 Å². The summed E-state index contributed by atoms with van der Waals surface area (Å²) in [6.45, 7) is 0. The van der Waals surface area contributed by atoms with E-state index in [9.17, 15) is 0 Å². The largest absolute Gasteiger partial charge is 0.464 e. The normalized spacial score (nSPS) is 10.6. The van der Waals surface area contributed by atoms with Crippen molar-refractivity contribution in [3.63, 3.8) is 0 Å². The second kappa shape index (κ2) is 6.64. The predicted octanol–water partition coefficient (Wildman–Crippen LogP) is 4.86. The third-order valence-electron chi connectivity index (χ3n) is 4.04. The van der Waals surface area contributed by atoms with Gasteiger partial charge in [-0.3, -0.25) is 15.8 Å². The predicted molar refractivity (Wildman–Crippen MR) is 101 cm³/mol. The van der Waals surface area contributed by atoms with Crippen molar-refractivity contribution in [2.75, 3.05) is 0 Å². The van der Waals surface area contributed by atoms with Gasteiger partial charge in [-0.1, -0.05) is 36.4 Å². The van der Waals surface area contributed by atoms with Crippen LogP contribution >= 0.6 is 0 Å². The summed E-state index contributed by atoms with van der Waals surface area (Å²) >= 11 is 0. The fourth-order valence-corrected chi connectivity index (χ4v) is 2.78. The standard InChI is InChI=1S/C21H15N3O2/c22-20(16-11-15(12-24-13-16)19-9-4-10-25-19)26-21(23)18-8-3-6-14-5-1-2-7-17(14)18/h1-13,22-23H. The molecule has 0 spiro atoms. The summed E-state index contributed by atoms with van der Waals surface area (Å²) in [6.07, 6.45) is 4.77. The molecule has 126 valence electrons. The molecule has 0 atom stereocenters. The van der Waals surface area contributed by atoms with Crippen LogP contribution in [0, 0.1) is 10.8 Å². The van der Waals surface area contributed by atoms with Crippen LogP contribution in [0.2, 0.25) is 0 Å². The summed E-state index contributed by atoms with van der Waals surface area (Å²) in [6, 6.07) is 18.8. The molecule has 0 bridgehead atoms. The van der Waals surface area contributed by atoms with E-state index in [0.29, 0.717) is 16.9 Å². The molecule has 0 saturated carbocycles. The number of hydrogen-bond acceptors (Lipinski definition) is 5. The molecule has 4 aromatic rings. The van der Waals surface area contributed by atoms with Gasteiger partial charge < -0.3 is 9.15 Å². The Bertz CT molecular complexity index is 1100. The van der Waals surface area contributed by atoms with Gasteiger partial charge in [0, 0.05) is 23.5 Å². The number of hydrogen-bond donors (Lipinski definition) is 2. The average Bonchev–Trinajstić information content (AvgIpc) is 3.22. The van der Waals surface area contributed by atoms with Crippen LogP contribution in [-0.2, 0) is 4.74 Å². The third-order valence-corrected chi connectivity index (χ3v) is 4.04. The van der Waals surface area contributed by atoms with E-state index in [4.69, 9.17) is 20.0 Å². The summed E-state index contributed by atoms with van der Waals surface area (Å²) in [5, 5.41) is 18.4. The molecule has 0 aliphatic rings. The lowest BCUT2D eigenvalue weighted by atomic mass is 10.0. The molecule has 0 fully saturated rings. The van der Waals surface area contributed by atoms with Crippen LogP contribution in [0.25, 0.3) is 22.1 Å². The summed E-state index contributed by atoms with van der Waals surface area (Å²) < 4.78 is 10.9. The fraction of sp³-hybridized carbons (Fsp3) is 0. The molecule has 0 amide bonds. The maximum atomic E-state index is 8.28. The van der Waals surface area contributed by atoms with Gasteiger partial charge >= 0.3 is 0 Å². The minimum Gasteiger partial charge on any atom is -0.464 e. The van der Waals surface area contributed by atoms with Crippen molar-refractivity contribution in [3.05, 3.63) is 90.4 Å². The second-order valence-electron chi connectivity index (χ2n) is 5.73. The highest BCUT2D eigenvalue weighted by molar-refractivity contribution is 6.11. The smallest absolute Gasteiger partial charge is 0.222 e. The van der Waals surface area contributed by atoms with E-state index in [1.165, 1.54) is 6.20 Å². The first kappa shape index (κ1) is 15.8. The molecule has 0 unspecified atom stereocenters. The van der Waals surface area contributed by atoms with E-state index >= 15 is 0 Å². The number of benzene rings is 2. The number of nitrogens with zero attached hydrogens (tertiary/aromatic N) is 1. The zero-order valence-electron chi connectivity index (χ0n) is 13.8. The Morgan fingerprint density at radius 1 is 0.885 bits per heavy atom. The van der Waals surface area contributed by atoms with Gasteiger partial charge in [-0.25, -0.2) is 0 Å². The van der Waals surface area contributed by atoms with Gasteiger partial charge in [0.05, 0.1) is 11.8 Å². The molecule has 0 aliphatic carbocycles. The zero-order valence-corrected chi connectivity index (χ0v) is 13.8. The Morgan fingerprint density at radius 2 is 1.73 bits per heavy atom. The van der Waals surface area contributed by atoms with Gasteiger partial charge in [-0.2, -0.15) is 0 Å². The van der Waals surface area contributed by atoms with E-state index in [1.807, 2.05) is 48.5 Å². The molecule has 0 aliphatic heterocycles. The minimum absolute atomic E-state index is 0.0739. The molecule has 2 aromatic heterocycles. The highest BCUT2D eigenvalue weighted by Gasteiger charge is 2.13. The molecular formula is C21H15N3O2. The van der Waals surface area contributed by atoms with E-state index in [2.05, 4.69) is 4.98 Å². The van der Waals surface area contributed by atoms with Crippen LogP contribution in [0.5, 0.6) is 0 Å². The first-order valence-corrected chi connectivity index (χ1v) is 8.05. The molecule has 5 nitrogen and oxygen atoms in total. The van der Waals surface area contributed by atoms with Gasteiger partial charge in [0.2, 0.25) is 11.8 Å². The molecule has 5 heteroatoms. The van der Waals surface area contributed by atoms with Crippen LogP contribution in [0.4, 0.5) is 0 Å². The second-order valence-corrected chi connectivity index (χ2v) is 5.73. The third kappa shape index (κ3) is 2.98. The van der Waals surface area contributed by atoms with E-state index in [1.54, 1.807) is 24.6 Å². The number of furan rings is 1. The monoisotopic (exact) mass is 341 g/mol. The van der Waals surface area contributed by atoms with Gasteiger partial charge in [0.15, 0.2) is 0 Å². The molecule has 2 heterocycles. The summed E-state index contributed by atoms with van der Waals surface area (Å²) in [5.74, 6) is 0.454. The maximum absolute atomic E-state index is 8.28. The van der Waals surface area contributed by atoms with Crippen molar-refractivity contribution in [2.24, 2.45) is 0 Å². The van der Waals surface area contributed by atoms with Crippen molar-refractivity contribution < 1.29 is 9.15 Å². The van der Waals surface area contributed by atoms with Gasteiger partial charge in [-0.05, 0) is 35.0 Å². The lowest BCUT2D eigenvalue weighted by Crippen LogP contribution is -2.13. The Labute approximate surface area is 149 Å². The molecule has 2 N–H and O–H groups in total. The van der Waals surface area contributed by atoms with Crippen LogP contribution in [0.3, 0.4) is 0 Å². The van der Waals surface area contributed by atoms with E-state index < -0.39 is 0 Å². The zero-order chi connectivity index (χ0) is 17.9. The van der Waals surface area contributed by atoms with Gasteiger partial charge in [-0.15, -0.1) is 0 Å². The fourth-order valence-electron chi connectivity index (χ4n) is 2.78. The van der Waals surface area contributed by atoms with E-state index in [-0.39, 0.29) is 11.8 Å². The molecular weight excluding hydrogens is 326 g/mol. The highest BCUT2D eigenvalue weighted by Crippen LogP contribution is 2.22. The van der Waals surface area contributed by atoms with E-state index in [0.717, 1.165) is 16.3 Å². The highest BCUT2D eigenvalue weighted by atomic mass is 16.5. The van der Waals surface area contributed by atoms with Crippen molar-refractivity contribution >= 4 is 22.6 Å². The number of aromatic nitrogens is 1. The lowest BCUT2D eigenvalue weighted by molar-refractivity contribution is 0.538. The van der Waals surface area contributed by atoms with Gasteiger partial charge in [0.1, 0.15) is 5.76 Å². The van der Waals surface area contributed by atoms with Crippen molar-refractivity contribution in [2.45, 2.75) is 0 Å². The molecule has 0 saturated heterocycles. The lowest BCUT2D eigenvalue weighted by Gasteiger charge is -2.11. The van der Waals surface area contributed by atoms with Crippen molar-refractivity contribution in [3.8, 4) is 11.3 Å². The van der Waals surface area contributed by atoms with Crippen molar-refractivity contribution in [1.29, 1.82) is 10.8 Å². The average molecular weight is 341 g/mol. The Morgan fingerprint density at radius 3 is 2.58 bits per heavy atom. The number of pyridine rings is 1. The number of ether oxygens (including phenoxy) is 1. The topological polar surface area (TPSA) is 83.0 Å². The Balaban J connectivity index is 1.60. The van der Waals surface area contributed by atoms with Crippen molar-refractivity contribution in [1.82, 2.24) is 4.98 Å². The Kier molecular flexibility index (Phi) is 4.03. The number of nitrogens with one attached hydrogen (secondary N) is 2. The first-order chi connectivity index (χ1) is 12.7. The number of fused-ring (bicyclic) bond motifs is 1. The quantitative estimate of drug-likeness (QED) is 0.412. The Hall–Kier alpha value is -3.73. The van der Waals surface area contributed by atoms with Crippen LogP contribution < -0.4 is 0 Å².